The Morgan fingerprint density at radius 1 is 1.31 bits per heavy atom. The summed E-state index contributed by atoms with van der Waals surface area (Å²) >= 11 is 1.62. The molecule has 0 bridgehead atoms. The number of likely N-dealkylation sites (tertiary alicyclic amines) is 1. The van der Waals surface area contributed by atoms with Gasteiger partial charge in [0.1, 0.15) is 11.7 Å². The van der Waals surface area contributed by atoms with Gasteiger partial charge in [0.05, 0.1) is 10.2 Å². The van der Waals surface area contributed by atoms with Gasteiger partial charge < -0.3 is 14.4 Å². The predicted molar refractivity (Wildman–Crippen MR) is 96.7 cm³/mol. The molecular formula is C18H15N5O2S. The number of nitrogens with one attached hydrogen (secondary N) is 1. The van der Waals surface area contributed by atoms with Crippen LogP contribution < -0.4 is 0 Å². The van der Waals surface area contributed by atoms with Crippen LogP contribution in [0.5, 0.6) is 0 Å². The van der Waals surface area contributed by atoms with Crippen LogP contribution in [0.4, 0.5) is 0 Å². The molecule has 1 aliphatic rings. The number of hydrogen-bond donors (Lipinski definition) is 1. The van der Waals surface area contributed by atoms with E-state index < -0.39 is 0 Å². The molecular weight excluding hydrogens is 350 g/mol. The maximum Gasteiger partial charge on any atom is 0.271 e. The monoisotopic (exact) mass is 365 g/mol. The smallest absolute Gasteiger partial charge is 0.271 e. The minimum absolute atomic E-state index is 0.0282. The van der Waals surface area contributed by atoms with E-state index in [1.54, 1.807) is 23.7 Å². The van der Waals surface area contributed by atoms with Crippen molar-refractivity contribution in [2.24, 2.45) is 0 Å². The second kappa shape index (κ2) is 6.06. The van der Waals surface area contributed by atoms with Gasteiger partial charge in [-0.25, -0.2) is 0 Å². The minimum Gasteiger partial charge on any atom is -0.350 e. The zero-order valence-electron chi connectivity index (χ0n) is 13.8. The van der Waals surface area contributed by atoms with Crippen molar-refractivity contribution in [2.75, 3.05) is 6.54 Å². The van der Waals surface area contributed by atoms with Crippen molar-refractivity contribution in [2.45, 2.75) is 18.9 Å². The van der Waals surface area contributed by atoms with Crippen LogP contribution in [-0.2, 0) is 0 Å². The summed E-state index contributed by atoms with van der Waals surface area (Å²) in [6, 6.07) is 7.37. The molecule has 26 heavy (non-hydrogen) atoms. The topological polar surface area (TPSA) is 87.9 Å². The molecule has 1 aliphatic heterocycles. The van der Waals surface area contributed by atoms with E-state index in [1.807, 2.05) is 34.5 Å². The first-order valence-electron chi connectivity index (χ1n) is 8.41. The van der Waals surface area contributed by atoms with Gasteiger partial charge in [-0.2, -0.15) is 4.98 Å². The number of nitrogens with zero attached hydrogens (tertiary/aromatic N) is 4. The van der Waals surface area contributed by atoms with Crippen molar-refractivity contribution in [3.05, 3.63) is 53.6 Å². The maximum absolute atomic E-state index is 13.0. The Morgan fingerprint density at radius 2 is 2.19 bits per heavy atom. The highest BCUT2D eigenvalue weighted by Crippen LogP contribution is 2.33. The Hall–Kier alpha value is -3.00. The molecule has 0 spiro atoms. The molecule has 130 valence electrons. The molecule has 7 nitrogen and oxygen atoms in total. The lowest BCUT2D eigenvalue weighted by molar-refractivity contribution is 0.0705. The van der Waals surface area contributed by atoms with Crippen molar-refractivity contribution in [3.63, 3.8) is 0 Å². The third kappa shape index (κ3) is 2.50. The van der Waals surface area contributed by atoms with E-state index in [4.69, 9.17) is 4.52 Å². The summed E-state index contributed by atoms with van der Waals surface area (Å²) in [6.07, 6.45) is 5.11. The van der Waals surface area contributed by atoms with E-state index in [1.165, 1.54) is 0 Å². The zero-order valence-corrected chi connectivity index (χ0v) is 14.6. The molecule has 1 atom stereocenters. The Balaban J connectivity index is 1.43. The lowest BCUT2D eigenvalue weighted by Crippen LogP contribution is -2.31. The summed E-state index contributed by atoms with van der Waals surface area (Å²) in [4.78, 5) is 26.5. The van der Waals surface area contributed by atoms with Gasteiger partial charge in [0.25, 0.3) is 5.91 Å². The van der Waals surface area contributed by atoms with Crippen molar-refractivity contribution in [3.8, 4) is 11.4 Å². The largest absolute Gasteiger partial charge is 0.350 e. The first-order chi connectivity index (χ1) is 12.8. The second-order valence-corrected chi connectivity index (χ2v) is 7.18. The van der Waals surface area contributed by atoms with Gasteiger partial charge in [0.15, 0.2) is 0 Å². The van der Waals surface area contributed by atoms with E-state index in [-0.39, 0.29) is 11.9 Å². The fourth-order valence-corrected chi connectivity index (χ4v) is 4.16. The number of aromatic nitrogens is 4. The molecule has 1 saturated heterocycles. The average molecular weight is 365 g/mol. The highest BCUT2D eigenvalue weighted by Gasteiger charge is 2.35. The Labute approximate surface area is 152 Å². The van der Waals surface area contributed by atoms with Crippen molar-refractivity contribution < 1.29 is 9.32 Å². The predicted octanol–water partition coefficient (Wildman–Crippen LogP) is 3.65. The summed E-state index contributed by atoms with van der Waals surface area (Å²) in [6.45, 7) is 0.684. The first kappa shape index (κ1) is 15.3. The van der Waals surface area contributed by atoms with E-state index in [0.717, 1.165) is 28.6 Å². The van der Waals surface area contributed by atoms with Crippen LogP contribution in [0, 0.1) is 0 Å². The van der Waals surface area contributed by atoms with Crippen LogP contribution in [0.25, 0.3) is 21.6 Å². The fraction of sp³-hybridized carbons (Fsp3) is 0.222. The number of aromatic amines is 1. The molecule has 4 aromatic heterocycles. The fourth-order valence-electron chi connectivity index (χ4n) is 3.37. The number of carbonyl (C=O) groups is 1. The lowest BCUT2D eigenvalue weighted by atomic mass is 10.2. The summed E-state index contributed by atoms with van der Waals surface area (Å²) in [7, 11) is 0. The van der Waals surface area contributed by atoms with Gasteiger partial charge in [0, 0.05) is 24.5 Å². The Morgan fingerprint density at radius 3 is 3.04 bits per heavy atom. The summed E-state index contributed by atoms with van der Waals surface area (Å²) in [5, 5.41) is 6.07. The highest BCUT2D eigenvalue weighted by molar-refractivity contribution is 7.17. The number of amides is 1. The minimum atomic E-state index is -0.188. The van der Waals surface area contributed by atoms with Gasteiger partial charge in [0.2, 0.25) is 11.7 Å². The molecule has 1 N–H and O–H groups in total. The number of hydrogen-bond acceptors (Lipinski definition) is 6. The van der Waals surface area contributed by atoms with Crippen LogP contribution in [0.3, 0.4) is 0 Å². The maximum atomic E-state index is 13.0. The van der Waals surface area contributed by atoms with Crippen molar-refractivity contribution >= 4 is 27.5 Å². The van der Waals surface area contributed by atoms with Crippen LogP contribution in [-0.4, -0.2) is 37.5 Å². The van der Waals surface area contributed by atoms with Crippen LogP contribution >= 0.6 is 11.3 Å². The molecule has 4 aromatic rings. The van der Waals surface area contributed by atoms with Crippen molar-refractivity contribution in [1.29, 1.82) is 0 Å². The SMILES string of the molecule is O=C(c1cc2sccc2[nH]1)N1CCC[C@@H]1c1nc(-c2ccncc2)no1. The second-order valence-electron chi connectivity index (χ2n) is 6.23. The number of fused-ring (bicyclic) bond motifs is 1. The summed E-state index contributed by atoms with van der Waals surface area (Å²) in [5.74, 6) is 0.970. The lowest BCUT2D eigenvalue weighted by Gasteiger charge is -2.21. The molecule has 0 aliphatic carbocycles. The molecule has 5 rings (SSSR count). The first-order valence-corrected chi connectivity index (χ1v) is 9.29. The van der Waals surface area contributed by atoms with Crippen LogP contribution in [0.1, 0.15) is 35.3 Å². The van der Waals surface area contributed by atoms with E-state index >= 15 is 0 Å². The van der Waals surface area contributed by atoms with Crippen LogP contribution in [0.15, 0.2) is 46.6 Å². The molecule has 0 saturated carbocycles. The van der Waals surface area contributed by atoms with Crippen LogP contribution in [0.2, 0.25) is 0 Å². The normalized spacial score (nSPS) is 17.2. The summed E-state index contributed by atoms with van der Waals surface area (Å²) < 4.78 is 6.56. The molecule has 8 heteroatoms. The average Bonchev–Trinajstić information content (AvgIpc) is 3.44. The summed E-state index contributed by atoms with van der Waals surface area (Å²) in [5.41, 5.74) is 2.44. The third-order valence-electron chi connectivity index (χ3n) is 4.65. The molecule has 1 amide bonds. The molecule has 0 aromatic carbocycles. The number of rotatable bonds is 3. The Bertz CT molecular complexity index is 1040. The molecule has 0 unspecified atom stereocenters. The third-order valence-corrected chi connectivity index (χ3v) is 5.51. The highest BCUT2D eigenvalue weighted by atomic mass is 32.1. The van der Waals surface area contributed by atoms with Crippen molar-refractivity contribution in [1.82, 2.24) is 25.0 Å². The molecule has 0 radical (unpaired) electrons. The standard InChI is InChI=1S/C18H15N5O2S/c24-18(13-10-15-12(20-13)5-9-26-15)23-8-1-2-14(23)17-21-16(22-25-17)11-3-6-19-7-4-11/h3-7,9-10,14,20H,1-2,8H2/t14-/m1/s1. The van der Waals surface area contributed by atoms with Gasteiger partial charge in [-0.1, -0.05) is 5.16 Å². The Kier molecular flexibility index (Phi) is 3.56. The molecule has 1 fully saturated rings. The number of H-pyrrole nitrogens is 1. The van der Waals surface area contributed by atoms with E-state index in [9.17, 15) is 4.79 Å². The number of carbonyl (C=O) groups excluding carboxylic acids is 1. The molecule has 5 heterocycles. The zero-order chi connectivity index (χ0) is 17.5. The van der Waals surface area contributed by atoms with Gasteiger partial charge in [-0.15, -0.1) is 11.3 Å². The quantitative estimate of drug-likeness (QED) is 0.599. The number of thiophene rings is 1. The van der Waals surface area contributed by atoms with E-state index in [0.29, 0.717) is 24.0 Å². The van der Waals surface area contributed by atoms with Gasteiger partial charge in [-0.3, -0.25) is 9.78 Å². The van der Waals surface area contributed by atoms with E-state index in [2.05, 4.69) is 20.1 Å². The van der Waals surface area contributed by atoms with Gasteiger partial charge in [-0.05, 0) is 42.5 Å². The van der Waals surface area contributed by atoms with Gasteiger partial charge >= 0.3 is 0 Å². The number of pyridine rings is 1.